The van der Waals surface area contributed by atoms with E-state index in [0.717, 1.165) is 6.92 Å². The largest absolute Gasteiger partial charge is 0.481 e. The van der Waals surface area contributed by atoms with E-state index < -0.39 is 24.0 Å². The molecule has 0 aliphatic carbocycles. The first-order valence-corrected chi connectivity index (χ1v) is 2.29. The summed E-state index contributed by atoms with van der Waals surface area (Å²) in [5, 5.41) is 7.96. The average Bonchev–Trinajstić information content (AvgIpc) is 1.63. The van der Waals surface area contributed by atoms with Gasteiger partial charge in [-0.1, -0.05) is 0 Å². The number of carbonyl (C=O) groups excluding carboxylic acids is 2. The SMILES string of the molecule is CC(=O)C(=O)CC(=O)O. The molecule has 0 bridgehead atoms. The zero-order valence-electron chi connectivity index (χ0n) is 4.88. The minimum atomic E-state index is -1.27. The molecule has 0 aromatic rings. The smallest absolute Gasteiger partial charge is 0.311 e. The maximum Gasteiger partial charge on any atom is 0.311 e. The second-order valence-corrected chi connectivity index (χ2v) is 1.55. The third-order valence-corrected chi connectivity index (χ3v) is 0.704. The Morgan fingerprint density at radius 1 is 1.33 bits per heavy atom. The topological polar surface area (TPSA) is 71.4 Å². The molecule has 0 amide bonds. The summed E-state index contributed by atoms with van der Waals surface area (Å²) in [4.78, 5) is 30.0. The van der Waals surface area contributed by atoms with Gasteiger partial charge in [0.1, 0.15) is 6.42 Å². The van der Waals surface area contributed by atoms with E-state index in [1.165, 1.54) is 0 Å². The number of Topliss-reactive ketones (excluding diaryl/α,β-unsaturated/α-hetero) is 2. The Morgan fingerprint density at radius 3 is 1.89 bits per heavy atom. The van der Waals surface area contributed by atoms with Crippen LogP contribution in [-0.2, 0) is 14.4 Å². The van der Waals surface area contributed by atoms with Gasteiger partial charge >= 0.3 is 5.97 Å². The van der Waals surface area contributed by atoms with Gasteiger partial charge in [0.15, 0.2) is 5.78 Å². The summed E-state index contributed by atoms with van der Waals surface area (Å²) in [5.74, 6) is -2.84. The van der Waals surface area contributed by atoms with Gasteiger partial charge in [-0.15, -0.1) is 0 Å². The molecule has 0 aliphatic rings. The highest BCUT2D eigenvalue weighted by Crippen LogP contribution is 1.83. The van der Waals surface area contributed by atoms with Crippen LogP contribution in [0.5, 0.6) is 0 Å². The quantitative estimate of drug-likeness (QED) is 0.417. The molecule has 0 saturated heterocycles. The number of rotatable bonds is 3. The normalized spacial score (nSPS) is 8.56. The molecule has 0 aromatic heterocycles. The van der Waals surface area contributed by atoms with Crippen molar-refractivity contribution in [3.63, 3.8) is 0 Å². The summed E-state index contributed by atoms with van der Waals surface area (Å²) < 4.78 is 0. The van der Waals surface area contributed by atoms with Gasteiger partial charge in [-0.2, -0.15) is 0 Å². The fourth-order valence-corrected chi connectivity index (χ4v) is 0.262. The zero-order chi connectivity index (χ0) is 7.44. The van der Waals surface area contributed by atoms with Gasteiger partial charge in [0.2, 0.25) is 5.78 Å². The number of carboxylic acid groups (broad SMARTS) is 1. The van der Waals surface area contributed by atoms with Crippen LogP contribution < -0.4 is 0 Å². The number of aliphatic carboxylic acids is 1. The van der Waals surface area contributed by atoms with Gasteiger partial charge in [-0.25, -0.2) is 0 Å². The fourth-order valence-electron chi connectivity index (χ4n) is 0.262. The second kappa shape index (κ2) is 2.96. The lowest BCUT2D eigenvalue weighted by Gasteiger charge is -1.86. The fraction of sp³-hybridized carbons (Fsp3) is 0.400. The first kappa shape index (κ1) is 7.81. The molecule has 0 radical (unpaired) electrons. The van der Waals surface area contributed by atoms with Crippen molar-refractivity contribution in [2.24, 2.45) is 0 Å². The molecule has 1 N–H and O–H groups in total. The van der Waals surface area contributed by atoms with Crippen LogP contribution in [0.3, 0.4) is 0 Å². The Morgan fingerprint density at radius 2 is 1.78 bits per heavy atom. The molecule has 4 heteroatoms. The third kappa shape index (κ3) is 3.40. The first-order chi connectivity index (χ1) is 4.04. The van der Waals surface area contributed by atoms with E-state index in [1.54, 1.807) is 0 Å². The van der Waals surface area contributed by atoms with Crippen LogP contribution in [0.15, 0.2) is 0 Å². The molecule has 0 aliphatic heterocycles. The van der Waals surface area contributed by atoms with Gasteiger partial charge in [0, 0.05) is 6.92 Å². The van der Waals surface area contributed by atoms with Crippen LogP contribution in [0.25, 0.3) is 0 Å². The van der Waals surface area contributed by atoms with Crippen LogP contribution >= 0.6 is 0 Å². The van der Waals surface area contributed by atoms with E-state index in [2.05, 4.69) is 0 Å². The standard InChI is InChI=1S/C5H6O4/c1-3(6)4(7)2-5(8)9/h2H2,1H3,(H,8,9). The van der Waals surface area contributed by atoms with E-state index in [1.807, 2.05) is 0 Å². The number of ketones is 2. The van der Waals surface area contributed by atoms with E-state index in [9.17, 15) is 14.4 Å². The molecule has 0 heterocycles. The molecule has 4 nitrogen and oxygen atoms in total. The molecule has 0 aromatic carbocycles. The van der Waals surface area contributed by atoms with Crippen molar-refractivity contribution in [2.75, 3.05) is 0 Å². The molecular weight excluding hydrogens is 124 g/mol. The lowest BCUT2D eigenvalue weighted by Crippen LogP contribution is -2.13. The monoisotopic (exact) mass is 130 g/mol. The summed E-state index contributed by atoms with van der Waals surface area (Å²) in [6, 6.07) is 0. The van der Waals surface area contributed by atoms with E-state index in [0.29, 0.717) is 0 Å². The number of hydrogen-bond acceptors (Lipinski definition) is 3. The maximum atomic E-state index is 10.2. The van der Waals surface area contributed by atoms with Crippen LogP contribution in [0, 0.1) is 0 Å². The van der Waals surface area contributed by atoms with Crippen LogP contribution in [0.1, 0.15) is 13.3 Å². The second-order valence-electron chi connectivity index (χ2n) is 1.55. The summed E-state index contributed by atoms with van der Waals surface area (Å²) in [6.07, 6.45) is -0.699. The number of hydrogen-bond donors (Lipinski definition) is 1. The van der Waals surface area contributed by atoms with Crippen molar-refractivity contribution < 1.29 is 19.5 Å². The van der Waals surface area contributed by atoms with Crippen LogP contribution in [0.2, 0.25) is 0 Å². The van der Waals surface area contributed by atoms with Crippen molar-refractivity contribution in [1.82, 2.24) is 0 Å². The lowest BCUT2D eigenvalue weighted by molar-refractivity contribution is -0.144. The minimum absolute atomic E-state index is 0.699. The van der Waals surface area contributed by atoms with Gasteiger partial charge in [0.05, 0.1) is 0 Å². The highest BCUT2D eigenvalue weighted by molar-refractivity contribution is 6.38. The van der Waals surface area contributed by atoms with Gasteiger partial charge in [-0.05, 0) is 0 Å². The lowest BCUT2D eigenvalue weighted by atomic mass is 10.2. The third-order valence-electron chi connectivity index (χ3n) is 0.704. The summed E-state index contributed by atoms with van der Waals surface area (Å²) in [6.45, 7) is 1.05. The molecular formula is C5H6O4. The van der Waals surface area contributed by atoms with Crippen LogP contribution in [-0.4, -0.2) is 22.6 Å². The Hall–Kier alpha value is -1.19. The predicted molar refractivity (Wildman–Crippen MR) is 27.9 cm³/mol. The minimum Gasteiger partial charge on any atom is -0.481 e. The molecule has 0 rings (SSSR count). The Labute approximate surface area is 51.5 Å². The van der Waals surface area contributed by atoms with Crippen LogP contribution in [0.4, 0.5) is 0 Å². The highest BCUT2D eigenvalue weighted by Gasteiger charge is 2.11. The highest BCUT2D eigenvalue weighted by atomic mass is 16.4. The molecule has 0 fully saturated rings. The van der Waals surface area contributed by atoms with E-state index >= 15 is 0 Å². The van der Waals surface area contributed by atoms with Gasteiger partial charge in [-0.3, -0.25) is 14.4 Å². The zero-order valence-corrected chi connectivity index (χ0v) is 4.88. The number of carbonyl (C=O) groups is 3. The molecule has 0 spiro atoms. The van der Waals surface area contributed by atoms with Crippen molar-refractivity contribution >= 4 is 17.5 Å². The Balaban J connectivity index is 3.79. The van der Waals surface area contributed by atoms with Crippen molar-refractivity contribution in [3.05, 3.63) is 0 Å². The van der Waals surface area contributed by atoms with Crippen molar-refractivity contribution in [2.45, 2.75) is 13.3 Å². The predicted octanol–water partition coefficient (Wildman–Crippen LogP) is -0.381. The molecule has 50 valence electrons. The molecule has 9 heavy (non-hydrogen) atoms. The summed E-state index contributed by atoms with van der Waals surface area (Å²) >= 11 is 0. The molecule has 0 unspecified atom stereocenters. The molecule has 0 atom stereocenters. The van der Waals surface area contributed by atoms with E-state index in [4.69, 9.17) is 5.11 Å². The summed E-state index contributed by atoms with van der Waals surface area (Å²) in [5.41, 5.74) is 0. The van der Waals surface area contributed by atoms with Crippen molar-refractivity contribution in [1.29, 1.82) is 0 Å². The average molecular weight is 130 g/mol. The Bertz CT molecular complexity index is 158. The number of carboxylic acids is 1. The van der Waals surface area contributed by atoms with Gasteiger partial charge in [0.25, 0.3) is 0 Å². The maximum absolute atomic E-state index is 10.2. The molecule has 0 saturated carbocycles. The van der Waals surface area contributed by atoms with E-state index in [-0.39, 0.29) is 0 Å². The Kier molecular flexibility index (Phi) is 2.57. The van der Waals surface area contributed by atoms with Gasteiger partial charge < -0.3 is 5.11 Å². The van der Waals surface area contributed by atoms with Crippen molar-refractivity contribution in [3.8, 4) is 0 Å². The first-order valence-electron chi connectivity index (χ1n) is 2.29. The summed E-state index contributed by atoms with van der Waals surface area (Å²) in [7, 11) is 0.